The minimum Gasteiger partial charge on any atom is -0.507 e. The van der Waals surface area contributed by atoms with Crippen molar-refractivity contribution in [3.05, 3.63) is 78.4 Å². The number of phenols is 1. The van der Waals surface area contributed by atoms with Gasteiger partial charge in [-0.05, 0) is 45.2 Å². The molecule has 0 heterocycles. The first-order chi connectivity index (χ1) is 11.8. The van der Waals surface area contributed by atoms with Crippen molar-refractivity contribution in [3.8, 4) is 16.9 Å². The first kappa shape index (κ1) is 14.8. The highest BCUT2D eigenvalue weighted by atomic mass is 16.3. The Balaban J connectivity index is 2.17. The summed E-state index contributed by atoms with van der Waals surface area (Å²) in [6.45, 7) is 2.20. The average Bonchev–Trinajstić information content (AvgIpc) is 2.62. The monoisotopic (exact) mass is 312 g/mol. The molecule has 0 unspecified atom stereocenters. The van der Waals surface area contributed by atoms with Crippen LogP contribution in [0.2, 0.25) is 0 Å². The number of phenolic OH excluding ortho intramolecular Hbond substituents is 1. The number of fused-ring (bicyclic) bond motifs is 2. The van der Waals surface area contributed by atoms with E-state index < -0.39 is 0 Å². The van der Waals surface area contributed by atoms with Crippen LogP contribution in [0.15, 0.2) is 72.8 Å². The van der Waals surface area contributed by atoms with Crippen LogP contribution in [0.4, 0.5) is 0 Å². The van der Waals surface area contributed by atoms with Crippen molar-refractivity contribution < 1.29 is 5.11 Å². The third-order valence-electron chi connectivity index (χ3n) is 4.69. The van der Waals surface area contributed by atoms with E-state index >= 15 is 0 Å². The number of rotatable bonds is 3. The van der Waals surface area contributed by atoms with Crippen LogP contribution in [0.3, 0.4) is 0 Å². The molecule has 0 atom stereocenters. The summed E-state index contributed by atoms with van der Waals surface area (Å²) in [4.78, 5) is 0. The van der Waals surface area contributed by atoms with E-state index in [2.05, 4.69) is 55.5 Å². The molecule has 1 N–H and O–H groups in total. The fourth-order valence-corrected chi connectivity index (χ4v) is 3.61. The molecule has 0 saturated heterocycles. The minimum atomic E-state index is 0.349. The molecule has 0 fully saturated rings. The Kier molecular flexibility index (Phi) is 3.70. The van der Waals surface area contributed by atoms with E-state index in [1.54, 1.807) is 0 Å². The standard InChI is InChI=1S/C23H20O/c1-2-7-18-13-12-16-8-3-5-10-19(16)22(18)23-20-11-6-4-9-17(20)14-15-21(23)24/h3-6,8-15,24H,2,7H2,1H3. The minimum absolute atomic E-state index is 0.349. The third-order valence-corrected chi connectivity index (χ3v) is 4.69. The van der Waals surface area contributed by atoms with Crippen LogP contribution in [0.1, 0.15) is 18.9 Å². The Bertz CT molecular complexity index is 1030. The predicted octanol–water partition coefficient (Wildman–Crippen LogP) is 6.32. The molecule has 1 heteroatoms. The third kappa shape index (κ3) is 2.33. The lowest BCUT2D eigenvalue weighted by Gasteiger charge is -2.16. The Morgan fingerprint density at radius 1 is 0.667 bits per heavy atom. The van der Waals surface area contributed by atoms with Gasteiger partial charge < -0.3 is 5.11 Å². The van der Waals surface area contributed by atoms with Gasteiger partial charge in [0.1, 0.15) is 5.75 Å². The van der Waals surface area contributed by atoms with Gasteiger partial charge in [-0.3, -0.25) is 0 Å². The number of aryl methyl sites for hydroxylation is 1. The van der Waals surface area contributed by atoms with Gasteiger partial charge in [0.05, 0.1) is 0 Å². The van der Waals surface area contributed by atoms with Crippen LogP contribution in [0.5, 0.6) is 5.75 Å². The second-order valence-electron chi connectivity index (χ2n) is 6.25. The Labute approximate surface area is 142 Å². The van der Waals surface area contributed by atoms with Crippen LogP contribution < -0.4 is 0 Å². The van der Waals surface area contributed by atoms with Gasteiger partial charge in [0, 0.05) is 5.56 Å². The molecule has 0 aromatic heterocycles. The highest BCUT2D eigenvalue weighted by Crippen LogP contribution is 2.42. The fraction of sp³-hybridized carbons (Fsp3) is 0.130. The average molecular weight is 312 g/mol. The summed E-state index contributed by atoms with van der Waals surface area (Å²) < 4.78 is 0. The van der Waals surface area contributed by atoms with Crippen LogP contribution in [0, 0.1) is 0 Å². The maximum absolute atomic E-state index is 10.7. The number of aromatic hydroxyl groups is 1. The van der Waals surface area contributed by atoms with E-state index in [0.717, 1.165) is 29.2 Å². The molecule has 0 aliphatic rings. The number of hydrogen-bond acceptors (Lipinski definition) is 1. The molecule has 24 heavy (non-hydrogen) atoms. The molecule has 0 spiro atoms. The van der Waals surface area contributed by atoms with Crippen LogP contribution in [-0.2, 0) is 6.42 Å². The smallest absolute Gasteiger partial charge is 0.124 e. The topological polar surface area (TPSA) is 20.2 Å². The number of benzene rings is 4. The van der Waals surface area contributed by atoms with Gasteiger partial charge in [-0.15, -0.1) is 0 Å². The molecule has 0 saturated carbocycles. The Hall–Kier alpha value is -2.80. The van der Waals surface area contributed by atoms with Crippen LogP contribution >= 0.6 is 0 Å². The summed E-state index contributed by atoms with van der Waals surface area (Å²) in [6, 6.07) is 24.9. The maximum atomic E-state index is 10.7. The van der Waals surface area contributed by atoms with E-state index in [4.69, 9.17) is 0 Å². The molecule has 0 amide bonds. The summed E-state index contributed by atoms with van der Waals surface area (Å²) in [7, 11) is 0. The highest BCUT2D eigenvalue weighted by molar-refractivity contribution is 6.08. The lowest BCUT2D eigenvalue weighted by molar-refractivity contribution is 0.478. The molecule has 118 valence electrons. The summed E-state index contributed by atoms with van der Waals surface area (Å²) in [5.41, 5.74) is 3.42. The summed E-state index contributed by atoms with van der Waals surface area (Å²) >= 11 is 0. The molecular formula is C23H20O. The molecule has 0 bridgehead atoms. The van der Waals surface area contributed by atoms with Crippen molar-refractivity contribution in [2.75, 3.05) is 0 Å². The second-order valence-corrected chi connectivity index (χ2v) is 6.25. The van der Waals surface area contributed by atoms with Gasteiger partial charge >= 0.3 is 0 Å². The summed E-state index contributed by atoms with van der Waals surface area (Å²) in [5, 5.41) is 15.4. The zero-order chi connectivity index (χ0) is 16.5. The largest absolute Gasteiger partial charge is 0.507 e. The molecule has 4 aromatic carbocycles. The van der Waals surface area contributed by atoms with Crippen LogP contribution in [-0.4, -0.2) is 5.11 Å². The first-order valence-corrected chi connectivity index (χ1v) is 8.51. The summed E-state index contributed by atoms with van der Waals surface area (Å²) in [5.74, 6) is 0.349. The fourth-order valence-electron chi connectivity index (χ4n) is 3.61. The lowest BCUT2D eigenvalue weighted by Crippen LogP contribution is -1.93. The quantitative estimate of drug-likeness (QED) is 0.469. The Morgan fingerprint density at radius 2 is 1.25 bits per heavy atom. The molecule has 4 aromatic rings. The first-order valence-electron chi connectivity index (χ1n) is 8.51. The van der Waals surface area contributed by atoms with Crippen molar-refractivity contribution in [1.82, 2.24) is 0 Å². The lowest BCUT2D eigenvalue weighted by atomic mass is 9.88. The van der Waals surface area contributed by atoms with E-state index in [-0.39, 0.29) is 0 Å². The molecule has 4 rings (SSSR count). The van der Waals surface area contributed by atoms with Gasteiger partial charge in [-0.25, -0.2) is 0 Å². The van der Waals surface area contributed by atoms with Gasteiger partial charge in [-0.2, -0.15) is 0 Å². The van der Waals surface area contributed by atoms with Crippen molar-refractivity contribution in [1.29, 1.82) is 0 Å². The zero-order valence-electron chi connectivity index (χ0n) is 13.8. The van der Waals surface area contributed by atoms with Gasteiger partial charge in [0.2, 0.25) is 0 Å². The van der Waals surface area contributed by atoms with E-state index in [1.165, 1.54) is 21.9 Å². The second kappa shape index (κ2) is 6.01. The normalized spacial score (nSPS) is 11.2. The van der Waals surface area contributed by atoms with Crippen molar-refractivity contribution in [2.45, 2.75) is 19.8 Å². The van der Waals surface area contributed by atoms with Crippen LogP contribution in [0.25, 0.3) is 32.7 Å². The molecule has 0 aliphatic carbocycles. The molecule has 0 aliphatic heterocycles. The molecular weight excluding hydrogens is 292 g/mol. The van der Waals surface area contributed by atoms with Crippen molar-refractivity contribution >= 4 is 21.5 Å². The zero-order valence-corrected chi connectivity index (χ0v) is 13.8. The van der Waals surface area contributed by atoms with E-state index in [9.17, 15) is 5.11 Å². The molecule has 1 nitrogen and oxygen atoms in total. The van der Waals surface area contributed by atoms with Crippen molar-refractivity contribution in [2.24, 2.45) is 0 Å². The van der Waals surface area contributed by atoms with Gasteiger partial charge in [-0.1, -0.05) is 80.1 Å². The predicted molar refractivity (Wildman–Crippen MR) is 103 cm³/mol. The highest BCUT2D eigenvalue weighted by Gasteiger charge is 2.16. The van der Waals surface area contributed by atoms with Gasteiger partial charge in [0.25, 0.3) is 0 Å². The molecule has 0 radical (unpaired) electrons. The SMILES string of the molecule is CCCc1ccc2ccccc2c1-c1c(O)ccc2ccccc12. The van der Waals surface area contributed by atoms with E-state index in [0.29, 0.717) is 5.75 Å². The Morgan fingerprint density at radius 3 is 1.92 bits per heavy atom. The number of hydrogen-bond donors (Lipinski definition) is 1. The van der Waals surface area contributed by atoms with Crippen molar-refractivity contribution in [3.63, 3.8) is 0 Å². The van der Waals surface area contributed by atoms with Gasteiger partial charge in [0.15, 0.2) is 0 Å². The summed E-state index contributed by atoms with van der Waals surface area (Å²) in [6.07, 6.45) is 2.08. The maximum Gasteiger partial charge on any atom is 0.124 e. The van der Waals surface area contributed by atoms with E-state index in [1.807, 2.05) is 24.3 Å².